The first-order chi connectivity index (χ1) is 12.4. The van der Waals surface area contributed by atoms with E-state index < -0.39 is 0 Å². The van der Waals surface area contributed by atoms with Crippen LogP contribution in [0.15, 0.2) is 42.5 Å². The van der Waals surface area contributed by atoms with Gasteiger partial charge in [0.2, 0.25) is 0 Å². The number of nitrogens with two attached hydrogens (primary N) is 1. The molecule has 0 aliphatic rings. The minimum atomic E-state index is -0.00148. The van der Waals surface area contributed by atoms with E-state index in [1.54, 1.807) is 6.07 Å². The van der Waals surface area contributed by atoms with E-state index in [0.29, 0.717) is 35.2 Å². The highest BCUT2D eigenvalue weighted by atomic mass is 35.5. The van der Waals surface area contributed by atoms with Crippen molar-refractivity contribution in [2.75, 3.05) is 27.2 Å². The minimum absolute atomic E-state index is 0.00148. The molecule has 140 valence electrons. The summed E-state index contributed by atoms with van der Waals surface area (Å²) in [7, 11) is 4.05. The maximum Gasteiger partial charge on any atom is 0.254 e. The Morgan fingerprint density at radius 1 is 0.962 bits per heavy atom. The van der Waals surface area contributed by atoms with E-state index in [9.17, 15) is 4.79 Å². The molecule has 6 heteroatoms. The normalized spacial score (nSPS) is 11.0. The maximum atomic E-state index is 13.0. The van der Waals surface area contributed by atoms with Crippen molar-refractivity contribution in [1.82, 2.24) is 9.80 Å². The number of nitrogens with zero attached hydrogens (tertiary/aromatic N) is 2. The molecule has 0 heterocycles. The van der Waals surface area contributed by atoms with Crippen molar-refractivity contribution in [2.24, 2.45) is 5.73 Å². The van der Waals surface area contributed by atoms with Gasteiger partial charge in [-0.25, -0.2) is 0 Å². The van der Waals surface area contributed by atoms with Gasteiger partial charge in [-0.3, -0.25) is 4.79 Å². The summed E-state index contributed by atoms with van der Waals surface area (Å²) in [5, 5.41) is 1.01. The van der Waals surface area contributed by atoms with Crippen LogP contribution in [0.3, 0.4) is 0 Å². The lowest BCUT2D eigenvalue weighted by Crippen LogP contribution is -2.33. The average molecular weight is 394 g/mol. The zero-order chi connectivity index (χ0) is 19.1. The van der Waals surface area contributed by atoms with E-state index in [4.69, 9.17) is 28.9 Å². The summed E-state index contributed by atoms with van der Waals surface area (Å²) >= 11 is 12.1. The fraction of sp³-hybridized carbons (Fsp3) is 0.350. The first-order valence-corrected chi connectivity index (χ1v) is 9.33. The van der Waals surface area contributed by atoms with Crippen LogP contribution in [0, 0.1) is 0 Å². The van der Waals surface area contributed by atoms with Crippen molar-refractivity contribution in [3.63, 3.8) is 0 Å². The van der Waals surface area contributed by atoms with E-state index in [1.165, 1.54) is 0 Å². The molecule has 0 aliphatic heterocycles. The Hall–Kier alpha value is -1.59. The van der Waals surface area contributed by atoms with Gasteiger partial charge in [-0.1, -0.05) is 41.4 Å². The first-order valence-electron chi connectivity index (χ1n) is 8.57. The number of carbonyl (C=O) groups is 1. The summed E-state index contributed by atoms with van der Waals surface area (Å²) in [4.78, 5) is 17.0. The molecule has 0 saturated heterocycles. The summed E-state index contributed by atoms with van der Waals surface area (Å²) in [5.74, 6) is -0.00148. The zero-order valence-electron chi connectivity index (χ0n) is 15.2. The highest BCUT2D eigenvalue weighted by Crippen LogP contribution is 2.23. The second-order valence-corrected chi connectivity index (χ2v) is 7.35. The molecule has 2 aromatic rings. The van der Waals surface area contributed by atoms with Gasteiger partial charge in [0.15, 0.2) is 0 Å². The van der Waals surface area contributed by atoms with Crippen molar-refractivity contribution in [3.8, 4) is 0 Å². The predicted octanol–water partition coefficient (Wildman–Crippen LogP) is 4.05. The van der Waals surface area contributed by atoms with Crippen LogP contribution in [-0.2, 0) is 13.1 Å². The molecule has 2 aromatic carbocycles. The molecule has 2 N–H and O–H groups in total. The summed E-state index contributed by atoms with van der Waals surface area (Å²) < 4.78 is 0. The number of hydrogen-bond acceptors (Lipinski definition) is 3. The van der Waals surface area contributed by atoms with Gasteiger partial charge in [-0.05, 0) is 62.5 Å². The monoisotopic (exact) mass is 393 g/mol. The number of amides is 1. The van der Waals surface area contributed by atoms with Crippen LogP contribution in [-0.4, -0.2) is 42.9 Å². The van der Waals surface area contributed by atoms with Crippen LogP contribution >= 0.6 is 23.2 Å². The van der Waals surface area contributed by atoms with Crippen molar-refractivity contribution in [3.05, 3.63) is 69.2 Å². The first kappa shape index (κ1) is 20.7. The standard InChI is InChI=1S/C20H25Cl2N3O/c1-24(2)10-3-11-25(14-16-6-9-18(21)19(22)12-16)20(26)17-7-4-15(13-23)5-8-17/h4-9,12H,3,10-11,13-14,23H2,1-2H3. The molecule has 2 rings (SSSR count). The molecule has 0 aliphatic carbocycles. The molecular weight excluding hydrogens is 369 g/mol. The number of benzene rings is 2. The number of carbonyl (C=O) groups excluding carboxylic acids is 1. The lowest BCUT2D eigenvalue weighted by molar-refractivity contribution is 0.0737. The van der Waals surface area contributed by atoms with E-state index in [-0.39, 0.29) is 5.91 Å². The Kier molecular flexibility index (Phi) is 7.91. The highest BCUT2D eigenvalue weighted by molar-refractivity contribution is 6.42. The smallest absolute Gasteiger partial charge is 0.254 e. The van der Waals surface area contributed by atoms with E-state index >= 15 is 0 Å². The summed E-state index contributed by atoms with van der Waals surface area (Å²) in [6.07, 6.45) is 0.890. The third kappa shape index (κ3) is 5.99. The molecule has 26 heavy (non-hydrogen) atoms. The topological polar surface area (TPSA) is 49.6 Å². The fourth-order valence-electron chi connectivity index (χ4n) is 2.65. The van der Waals surface area contributed by atoms with Crippen LogP contribution < -0.4 is 5.73 Å². The number of hydrogen-bond donors (Lipinski definition) is 1. The van der Waals surface area contributed by atoms with Crippen LogP contribution in [0.1, 0.15) is 27.9 Å². The average Bonchev–Trinajstić information content (AvgIpc) is 2.63. The van der Waals surface area contributed by atoms with Crippen molar-refractivity contribution < 1.29 is 4.79 Å². The van der Waals surface area contributed by atoms with Gasteiger partial charge in [0.25, 0.3) is 5.91 Å². The SMILES string of the molecule is CN(C)CCCN(Cc1ccc(Cl)c(Cl)c1)C(=O)c1ccc(CN)cc1. The van der Waals surface area contributed by atoms with Gasteiger partial charge >= 0.3 is 0 Å². The largest absolute Gasteiger partial charge is 0.334 e. The van der Waals surface area contributed by atoms with Crippen molar-refractivity contribution in [1.29, 1.82) is 0 Å². The van der Waals surface area contributed by atoms with E-state index in [1.807, 2.05) is 55.4 Å². The second kappa shape index (κ2) is 9.93. The minimum Gasteiger partial charge on any atom is -0.334 e. The third-order valence-electron chi connectivity index (χ3n) is 4.11. The van der Waals surface area contributed by atoms with Crippen LogP contribution in [0.5, 0.6) is 0 Å². The molecule has 0 spiro atoms. The Morgan fingerprint density at radius 3 is 2.19 bits per heavy atom. The van der Waals surface area contributed by atoms with Gasteiger partial charge in [-0.2, -0.15) is 0 Å². The van der Waals surface area contributed by atoms with Crippen LogP contribution in [0.2, 0.25) is 10.0 Å². The van der Waals surface area contributed by atoms with Crippen LogP contribution in [0.25, 0.3) is 0 Å². The number of rotatable bonds is 8. The Balaban J connectivity index is 2.17. The van der Waals surface area contributed by atoms with Gasteiger partial charge in [0, 0.05) is 25.2 Å². The summed E-state index contributed by atoms with van der Waals surface area (Å²) in [6, 6.07) is 12.9. The van der Waals surface area contributed by atoms with E-state index in [0.717, 1.165) is 24.1 Å². The third-order valence-corrected chi connectivity index (χ3v) is 4.85. The van der Waals surface area contributed by atoms with Crippen LogP contribution in [0.4, 0.5) is 0 Å². The molecule has 0 fully saturated rings. The van der Waals surface area contributed by atoms with Crippen molar-refractivity contribution in [2.45, 2.75) is 19.5 Å². The molecule has 4 nitrogen and oxygen atoms in total. The molecule has 0 radical (unpaired) electrons. The maximum absolute atomic E-state index is 13.0. The number of halogens is 2. The molecular formula is C20H25Cl2N3O. The Morgan fingerprint density at radius 2 is 1.62 bits per heavy atom. The molecule has 0 atom stereocenters. The lowest BCUT2D eigenvalue weighted by Gasteiger charge is -2.24. The molecule has 0 bridgehead atoms. The highest BCUT2D eigenvalue weighted by Gasteiger charge is 2.16. The Labute approximate surface area is 165 Å². The van der Waals surface area contributed by atoms with Gasteiger partial charge in [-0.15, -0.1) is 0 Å². The quantitative estimate of drug-likeness (QED) is 0.735. The molecule has 0 unspecified atom stereocenters. The Bertz CT molecular complexity index is 732. The zero-order valence-corrected chi connectivity index (χ0v) is 16.7. The lowest BCUT2D eigenvalue weighted by atomic mass is 10.1. The molecule has 0 aromatic heterocycles. The van der Waals surface area contributed by atoms with Gasteiger partial charge in [0.1, 0.15) is 0 Å². The van der Waals surface area contributed by atoms with Crippen molar-refractivity contribution >= 4 is 29.1 Å². The van der Waals surface area contributed by atoms with E-state index in [2.05, 4.69) is 4.90 Å². The molecule has 0 saturated carbocycles. The fourth-order valence-corrected chi connectivity index (χ4v) is 2.98. The van der Waals surface area contributed by atoms with Gasteiger partial charge < -0.3 is 15.5 Å². The summed E-state index contributed by atoms with van der Waals surface area (Å²) in [5.41, 5.74) is 8.25. The second-order valence-electron chi connectivity index (χ2n) is 6.53. The molecule has 1 amide bonds. The van der Waals surface area contributed by atoms with Gasteiger partial charge in [0.05, 0.1) is 10.0 Å². The predicted molar refractivity (Wildman–Crippen MR) is 109 cm³/mol. The summed E-state index contributed by atoms with van der Waals surface area (Å²) in [6.45, 7) is 2.53.